The first-order valence-corrected chi connectivity index (χ1v) is 8.75. The molecule has 0 amide bonds. The Morgan fingerprint density at radius 1 is 1.25 bits per heavy atom. The highest BCUT2D eigenvalue weighted by molar-refractivity contribution is 9.10. The summed E-state index contributed by atoms with van der Waals surface area (Å²) in [6.45, 7) is 1.94. The first kappa shape index (κ1) is 16.8. The second-order valence-corrected chi connectivity index (χ2v) is 6.70. The molecular weight excluding hydrogens is 372 g/mol. The van der Waals surface area contributed by atoms with Gasteiger partial charge in [0.1, 0.15) is 10.2 Å². The molecule has 1 saturated heterocycles. The molecule has 0 spiro atoms. The lowest BCUT2D eigenvalue weighted by Crippen LogP contribution is -2.39. The van der Waals surface area contributed by atoms with Gasteiger partial charge in [-0.05, 0) is 53.0 Å². The minimum atomic E-state index is -0.129. The summed E-state index contributed by atoms with van der Waals surface area (Å²) in [7, 11) is 3.32. The first-order valence-electron chi connectivity index (χ1n) is 7.96. The number of anilines is 2. The Morgan fingerprint density at radius 3 is 2.54 bits per heavy atom. The zero-order valence-electron chi connectivity index (χ0n) is 13.8. The smallest absolute Gasteiger partial charge is 0.282 e. The third-order valence-electron chi connectivity index (χ3n) is 4.37. The van der Waals surface area contributed by atoms with Gasteiger partial charge in [0, 0.05) is 31.9 Å². The second-order valence-electron chi connectivity index (χ2n) is 5.90. The summed E-state index contributed by atoms with van der Waals surface area (Å²) >= 11 is 3.36. The third-order valence-corrected chi connectivity index (χ3v) is 5.14. The van der Waals surface area contributed by atoms with Crippen molar-refractivity contribution in [1.82, 2.24) is 9.78 Å². The molecule has 0 aliphatic carbocycles. The Balaban J connectivity index is 1.61. The van der Waals surface area contributed by atoms with Gasteiger partial charge in [-0.3, -0.25) is 4.79 Å². The Hall–Kier alpha value is -2.02. The Kier molecular flexibility index (Phi) is 5.08. The maximum atomic E-state index is 11.9. The molecule has 1 N–H and O–H groups in total. The van der Waals surface area contributed by atoms with Gasteiger partial charge in [0.15, 0.2) is 0 Å². The van der Waals surface area contributed by atoms with Crippen molar-refractivity contribution in [2.75, 3.05) is 30.4 Å². The van der Waals surface area contributed by atoms with Crippen LogP contribution >= 0.6 is 15.9 Å². The van der Waals surface area contributed by atoms with E-state index in [0.29, 0.717) is 10.5 Å². The van der Waals surface area contributed by atoms with E-state index in [2.05, 4.69) is 43.4 Å². The van der Waals surface area contributed by atoms with Crippen LogP contribution in [-0.4, -0.2) is 36.0 Å². The fourth-order valence-corrected chi connectivity index (χ4v) is 3.38. The van der Waals surface area contributed by atoms with E-state index in [0.717, 1.165) is 37.4 Å². The molecule has 24 heavy (non-hydrogen) atoms. The van der Waals surface area contributed by atoms with Crippen LogP contribution in [0.1, 0.15) is 12.8 Å². The minimum absolute atomic E-state index is 0.129. The van der Waals surface area contributed by atoms with E-state index in [1.54, 1.807) is 20.4 Å². The van der Waals surface area contributed by atoms with Gasteiger partial charge in [-0.1, -0.05) is 0 Å². The number of nitrogens with zero attached hydrogens (tertiary/aromatic N) is 3. The molecule has 0 radical (unpaired) electrons. The summed E-state index contributed by atoms with van der Waals surface area (Å²) in [5, 5.41) is 7.51. The maximum absolute atomic E-state index is 11.9. The highest BCUT2D eigenvalue weighted by Gasteiger charge is 2.20. The number of piperidine rings is 1. The van der Waals surface area contributed by atoms with Gasteiger partial charge in [-0.15, -0.1) is 0 Å². The van der Waals surface area contributed by atoms with Crippen molar-refractivity contribution in [2.45, 2.75) is 18.9 Å². The molecule has 0 saturated carbocycles. The topological polar surface area (TPSA) is 59.4 Å². The van der Waals surface area contributed by atoms with E-state index in [-0.39, 0.29) is 5.56 Å². The summed E-state index contributed by atoms with van der Waals surface area (Å²) < 4.78 is 7.06. The summed E-state index contributed by atoms with van der Waals surface area (Å²) in [6.07, 6.45) is 3.71. The SMILES string of the molecule is COc1ccc(N2CCC(Nc3cnn(C)c(=O)c3Br)CC2)cc1. The first-order chi connectivity index (χ1) is 11.6. The van der Waals surface area contributed by atoms with Crippen LogP contribution in [0.2, 0.25) is 0 Å². The Bertz CT molecular complexity index is 752. The van der Waals surface area contributed by atoms with Crippen molar-refractivity contribution in [3.05, 3.63) is 45.3 Å². The molecule has 7 heteroatoms. The largest absolute Gasteiger partial charge is 0.497 e. The fraction of sp³-hybridized carbons (Fsp3) is 0.412. The van der Waals surface area contributed by atoms with Gasteiger partial charge >= 0.3 is 0 Å². The van der Waals surface area contributed by atoms with Crippen molar-refractivity contribution in [1.29, 1.82) is 0 Å². The van der Waals surface area contributed by atoms with Gasteiger partial charge < -0.3 is 15.0 Å². The van der Waals surface area contributed by atoms with Crippen LogP contribution in [0.5, 0.6) is 5.75 Å². The molecule has 3 rings (SSSR count). The standard InChI is InChI=1S/C17H21BrN4O2/c1-21-17(23)16(18)15(11-19-21)20-12-7-9-22(10-8-12)13-3-5-14(24-2)6-4-13/h3-6,11-12,20H,7-10H2,1-2H3. The van der Waals surface area contributed by atoms with Crippen LogP contribution in [0, 0.1) is 0 Å². The zero-order valence-corrected chi connectivity index (χ0v) is 15.4. The molecule has 2 heterocycles. The minimum Gasteiger partial charge on any atom is -0.497 e. The Morgan fingerprint density at radius 2 is 1.92 bits per heavy atom. The number of hydrogen-bond donors (Lipinski definition) is 1. The lowest BCUT2D eigenvalue weighted by Gasteiger charge is -2.34. The lowest BCUT2D eigenvalue weighted by molar-refractivity contribution is 0.414. The van der Waals surface area contributed by atoms with E-state index in [9.17, 15) is 4.79 Å². The van der Waals surface area contributed by atoms with Crippen molar-refractivity contribution in [3.8, 4) is 5.75 Å². The molecule has 1 fully saturated rings. The summed E-state index contributed by atoms with van der Waals surface area (Å²) in [6, 6.07) is 8.50. The molecule has 6 nitrogen and oxygen atoms in total. The zero-order chi connectivity index (χ0) is 17.1. The van der Waals surface area contributed by atoms with Crippen LogP contribution in [0.15, 0.2) is 39.7 Å². The van der Waals surface area contributed by atoms with Gasteiger partial charge in [-0.2, -0.15) is 5.10 Å². The maximum Gasteiger partial charge on any atom is 0.282 e. The molecule has 0 unspecified atom stereocenters. The number of hydrogen-bond acceptors (Lipinski definition) is 5. The predicted molar refractivity (Wildman–Crippen MR) is 99.0 cm³/mol. The average Bonchev–Trinajstić information content (AvgIpc) is 2.63. The highest BCUT2D eigenvalue weighted by Crippen LogP contribution is 2.25. The number of methoxy groups -OCH3 is 1. The van der Waals surface area contributed by atoms with Crippen LogP contribution in [0.25, 0.3) is 0 Å². The quantitative estimate of drug-likeness (QED) is 0.866. The van der Waals surface area contributed by atoms with Gasteiger partial charge in [-0.25, -0.2) is 4.68 Å². The van der Waals surface area contributed by atoms with Gasteiger partial charge in [0.2, 0.25) is 0 Å². The molecule has 1 aromatic carbocycles. The van der Waals surface area contributed by atoms with Gasteiger partial charge in [0.25, 0.3) is 5.56 Å². The number of halogens is 1. The number of rotatable bonds is 4. The number of benzene rings is 1. The fourth-order valence-electron chi connectivity index (χ4n) is 2.91. The normalized spacial score (nSPS) is 15.4. The third kappa shape index (κ3) is 3.56. The number of nitrogens with one attached hydrogen (secondary N) is 1. The van der Waals surface area contributed by atoms with Crippen LogP contribution in [0.3, 0.4) is 0 Å². The van der Waals surface area contributed by atoms with Crippen molar-refractivity contribution >= 4 is 27.3 Å². The molecule has 0 bridgehead atoms. The predicted octanol–water partition coefficient (Wildman–Crippen LogP) is 2.63. The summed E-state index contributed by atoms with van der Waals surface area (Å²) in [5.74, 6) is 0.873. The number of ether oxygens (including phenoxy) is 1. The Labute approximate surface area is 149 Å². The van der Waals surface area contributed by atoms with Crippen LogP contribution in [0.4, 0.5) is 11.4 Å². The van der Waals surface area contributed by atoms with Gasteiger partial charge in [0.05, 0.1) is 19.0 Å². The molecule has 1 aliphatic heterocycles. The van der Waals surface area contributed by atoms with Crippen molar-refractivity contribution in [2.24, 2.45) is 7.05 Å². The monoisotopic (exact) mass is 392 g/mol. The summed E-state index contributed by atoms with van der Waals surface area (Å²) in [5.41, 5.74) is 1.85. The number of aromatic nitrogens is 2. The summed E-state index contributed by atoms with van der Waals surface area (Å²) in [4.78, 5) is 14.3. The molecule has 2 aromatic rings. The highest BCUT2D eigenvalue weighted by atomic mass is 79.9. The second kappa shape index (κ2) is 7.25. The average molecular weight is 393 g/mol. The number of aryl methyl sites for hydroxylation is 1. The molecule has 128 valence electrons. The lowest BCUT2D eigenvalue weighted by atomic mass is 10.0. The van der Waals surface area contributed by atoms with E-state index in [1.165, 1.54) is 10.4 Å². The van der Waals surface area contributed by atoms with Crippen molar-refractivity contribution in [3.63, 3.8) is 0 Å². The van der Waals surface area contributed by atoms with E-state index in [1.807, 2.05) is 12.1 Å². The van der Waals surface area contributed by atoms with E-state index >= 15 is 0 Å². The van der Waals surface area contributed by atoms with Crippen LogP contribution < -0.4 is 20.5 Å². The van der Waals surface area contributed by atoms with Crippen molar-refractivity contribution < 1.29 is 4.74 Å². The molecule has 1 aliphatic rings. The van der Waals surface area contributed by atoms with Crippen LogP contribution in [-0.2, 0) is 7.05 Å². The van der Waals surface area contributed by atoms with E-state index < -0.39 is 0 Å². The molecular formula is C17H21BrN4O2. The molecule has 0 atom stereocenters. The molecule has 1 aromatic heterocycles. The van der Waals surface area contributed by atoms with E-state index in [4.69, 9.17) is 4.74 Å².